The van der Waals surface area contributed by atoms with Crippen molar-refractivity contribution in [1.29, 1.82) is 0 Å². The molecule has 0 aromatic carbocycles. The molecule has 110 valence electrons. The normalized spacial score (nSPS) is 19.1. The number of hydrogen-bond acceptors (Lipinski definition) is 4. The van der Waals surface area contributed by atoms with Crippen molar-refractivity contribution in [2.24, 2.45) is 0 Å². The Bertz CT molecular complexity index is 276. The molecule has 1 saturated heterocycles. The minimum Gasteiger partial charge on any atom is -0.481 e. The van der Waals surface area contributed by atoms with Crippen LogP contribution in [0, 0.1) is 0 Å². The van der Waals surface area contributed by atoms with Crippen LogP contribution in [-0.4, -0.2) is 36.3 Å². The van der Waals surface area contributed by atoms with E-state index in [1.54, 1.807) is 0 Å². The van der Waals surface area contributed by atoms with Gasteiger partial charge in [0.2, 0.25) is 5.91 Å². The maximum atomic E-state index is 11.5. The van der Waals surface area contributed by atoms with E-state index >= 15 is 0 Å². The second kappa shape index (κ2) is 9.75. The van der Waals surface area contributed by atoms with Crippen LogP contribution in [0.4, 0.5) is 0 Å². The number of carboxylic acid groups (broad SMARTS) is 1. The molecule has 0 aromatic heterocycles. The molecule has 19 heavy (non-hydrogen) atoms. The van der Waals surface area contributed by atoms with Gasteiger partial charge < -0.3 is 9.84 Å². The standard InChI is InChI=1S/C13H23NO5/c15-12(7-3-1-2-4-8-13(16)17)14-19-11-6-5-9-18-10-11/h11H,1-10H2,(H,14,15)(H,16,17). The summed E-state index contributed by atoms with van der Waals surface area (Å²) in [6.45, 7) is 1.31. The molecule has 1 aliphatic heterocycles. The van der Waals surface area contributed by atoms with E-state index in [1.807, 2.05) is 0 Å². The Morgan fingerprint density at radius 2 is 1.95 bits per heavy atom. The fraction of sp³-hybridized carbons (Fsp3) is 0.846. The van der Waals surface area contributed by atoms with Crippen molar-refractivity contribution < 1.29 is 24.3 Å². The largest absolute Gasteiger partial charge is 0.481 e. The van der Waals surface area contributed by atoms with Crippen molar-refractivity contribution in [2.75, 3.05) is 13.2 Å². The lowest BCUT2D eigenvalue weighted by Gasteiger charge is -2.21. The average Bonchev–Trinajstić information content (AvgIpc) is 2.41. The van der Waals surface area contributed by atoms with Crippen LogP contribution in [0.1, 0.15) is 51.4 Å². The molecular formula is C13H23NO5. The second-order valence-corrected chi connectivity index (χ2v) is 4.79. The minimum atomic E-state index is -0.763. The number of carboxylic acids is 1. The maximum absolute atomic E-state index is 11.5. The van der Waals surface area contributed by atoms with Crippen LogP contribution in [0.3, 0.4) is 0 Å². The van der Waals surface area contributed by atoms with Crippen molar-refractivity contribution >= 4 is 11.9 Å². The number of ether oxygens (including phenoxy) is 1. The Balaban J connectivity index is 1.91. The molecule has 1 fully saturated rings. The molecule has 0 radical (unpaired) electrons. The van der Waals surface area contributed by atoms with Gasteiger partial charge in [-0.25, -0.2) is 5.48 Å². The Morgan fingerprint density at radius 1 is 1.21 bits per heavy atom. The first-order chi connectivity index (χ1) is 9.18. The van der Waals surface area contributed by atoms with Gasteiger partial charge >= 0.3 is 5.97 Å². The van der Waals surface area contributed by atoms with Crippen LogP contribution in [0.25, 0.3) is 0 Å². The number of amides is 1. The summed E-state index contributed by atoms with van der Waals surface area (Å²) < 4.78 is 5.23. The molecule has 2 N–H and O–H groups in total. The lowest BCUT2D eigenvalue weighted by atomic mass is 10.1. The Morgan fingerprint density at radius 3 is 2.58 bits per heavy atom. The molecule has 1 atom stereocenters. The Kier molecular flexibility index (Phi) is 8.16. The average molecular weight is 273 g/mol. The van der Waals surface area contributed by atoms with Crippen LogP contribution in [0.2, 0.25) is 0 Å². The van der Waals surface area contributed by atoms with E-state index in [4.69, 9.17) is 14.7 Å². The molecule has 1 amide bonds. The van der Waals surface area contributed by atoms with Gasteiger partial charge in [-0.3, -0.25) is 14.4 Å². The molecule has 6 heteroatoms. The topological polar surface area (TPSA) is 84.9 Å². The summed E-state index contributed by atoms with van der Waals surface area (Å²) in [4.78, 5) is 27.0. The van der Waals surface area contributed by atoms with E-state index in [2.05, 4.69) is 5.48 Å². The third kappa shape index (κ3) is 8.56. The third-order valence-corrected chi connectivity index (χ3v) is 3.00. The zero-order valence-electron chi connectivity index (χ0n) is 11.2. The quantitative estimate of drug-likeness (QED) is 0.493. The Labute approximate surface area is 113 Å². The van der Waals surface area contributed by atoms with E-state index in [0.29, 0.717) is 19.4 Å². The third-order valence-electron chi connectivity index (χ3n) is 3.00. The summed E-state index contributed by atoms with van der Waals surface area (Å²) in [7, 11) is 0. The summed E-state index contributed by atoms with van der Waals surface area (Å²) in [6, 6.07) is 0. The van der Waals surface area contributed by atoms with Crippen LogP contribution in [0.5, 0.6) is 0 Å². The van der Waals surface area contributed by atoms with Crippen molar-refractivity contribution in [3.05, 3.63) is 0 Å². The van der Waals surface area contributed by atoms with Gasteiger partial charge in [-0.2, -0.15) is 0 Å². The van der Waals surface area contributed by atoms with Gasteiger partial charge in [0.05, 0.1) is 6.61 Å². The highest BCUT2D eigenvalue weighted by atomic mass is 16.7. The fourth-order valence-corrected chi connectivity index (χ4v) is 1.92. The van der Waals surface area contributed by atoms with Crippen LogP contribution in [-0.2, 0) is 19.2 Å². The molecule has 0 aliphatic carbocycles. The molecule has 0 bridgehead atoms. The number of hydrogen-bond donors (Lipinski definition) is 2. The fourth-order valence-electron chi connectivity index (χ4n) is 1.92. The molecule has 0 spiro atoms. The van der Waals surface area contributed by atoms with E-state index in [9.17, 15) is 9.59 Å². The molecular weight excluding hydrogens is 250 g/mol. The van der Waals surface area contributed by atoms with Gasteiger partial charge in [0.25, 0.3) is 0 Å². The monoisotopic (exact) mass is 273 g/mol. The summed E-state index contributed by atoms with van der Waals surface area (Å²) in [6.07, 6.45) is 5.61. The minimum absolute atomic E-state index is 0.0340. The zero-order chi connectivity index (χ0) is 13.9. The van der Waals surface area contributed by atoms with E-state index < -0.39 is 5.97 Å². The van der Waals surface area contributed by atoms with E-state index in [-0.39, 0.29) is 18.4 Å². The van der Waals surface area contributed by atoms with Crippen LogP contribution < -0.4 is 5.48 Å². The number of nitrogens with one attached hydrogen (secondary N) is 1. The molecule has 1 unspecified atom stereocenters. The van der Waals surface area contributed by atoms with Crippen LogP contribution >= 0.6 is 0 Å². The number of carbonyl (C=O) groups excluding carboxylic acids is 1. The predicted octanol–water partition coefficient (Wildman–Crippen LogP) is 1.64. The Hall–Kier alpha value is -1.14. The number of carbonyl (C=O) groups is 2. The summed E-state index contributed by atoms with van der Waals surface area (Å²) >= 11 is 0. The van der Waals surface area contributed by atoms with Crippen molar-refractivity contribution in [3.63, 3.8) is 0 Å². The summed E-state index contributed by atoms with van der Waals surface area (Å²) in [5.41, 5.74) is 2.45. The lowest BCUT2D eigenvalue weighted by Crippen LogP contribution is -2.34. The van der Waals surface area contributed by atoms with Gasteiger partial charge in [0.1, 0.15) is 6.10 Å². The zero-order valence-corrected chi connectivity index (χ0v) is 11.2. The van der Waals surface area contributed by atoms with Gasteiger partial charge in [-0.15, -0.1) is 0 Å². The summed E-state index contributed by atoms with van der Waals surface area (Å²) in [5, 5.41) is 8.46. The molecule has 6 nitrogen and oxygen atoms in total. The molecule has 0 saturated carbocycles. The van der Waals surface area contributed by atoms with Gasteiger partial charge in [-0.05, 0) is 25.7 Å². The number of hydroxylamine groups is 1. The van der Waals surface area contributed by atoms with Crippen molar-refractivity contribution in [3.8, 4) is 0 Å². The highest BCUT2D eigenvalue weighted by Gasteiger charge is 2.15. The van der Waals surface area contributed by atoms with Crippen molar-refractivity contribution in [2.45, 2.75) is 57.5 Å². The molecule has 1 aliphatic rings. The first-order valence-corrected chi connectivity index (χ1v) is 6.92. The summed E-state index contributed by atoms with van der Waals surface area (Å²) in [5.74, 6) is -0.885. The van der Waals surface area contributed by atoms with Gasteiger partial charge in [-0.1, -0.05) is 12.8 Å². The van der Waals surface area contributed by atoms with E-state index in [0.717, 1.165) is 38.7 Å². The molecule has 1 rings (SSSR count). The number of unbranched alkanes of at least 4 members (excludes halogenated alkanes) is 3. The predicted molar refractivity (Wildman–Crippen MR) is 68.4 cm³/mol. The number of aliphatic carboxylic acids is 1. The second-order valence-electron chi connectivity index (χ2n) is 4.79. The highest BCUT2D eigenvalue weighted by Crippen LogP contribution is 2.09. The smallest absolute Gasteiger partial charge is 0.303 e. The van der Waals surface area contributed by atoms with Crippen molar-refractivity contribution in [1.82, 2.24) is 5.48 Å². The first-order valence-electron chi connectivity index (χ1n) is 6.92. The molecule has 0 aromatic rings. The maximum Gasteiger partial charge on any atom is 0.303 e. The van der Waals surface area contributed by atoms with Gasteiger partial charge in [0, 0.05) is 19.4 Å². The SMILES string of the molecule is O=C(O)CCCCCCC(=O)NOC1CCCOC1. The first kappa shape index (κ1) is 15.9. The lowest BCUT2D eigenvalue weighted by molar-refractivity contribution is -0.146. The van der Waals surface area contributed by atoms with Gasteiger partial charge in [0.15, 0.2) is 0 Å². The highest BCUT2D eigenvalue weighted by molar-refractivity contribution is 5.74. The number of rotatable bonds is 9. The molecule has 1 heterocycles. The van der Waals surface area contributed by atoms with E-state index in [1.165, 1.54) is 0 Å². The van der Waals surface area contributed by atoms with Crippen LogP contribution in [0.15, 0.2) is 0 Å².